The Hall–Kier alpha value is -2.23. The van der Waals surface area contributed by atoms with Gasteiger partial charge in [0.25, 0.3) is 0 Å². The van der Waals surface area contributed by atoms with Crippen LogP contribution in [0.2, 0.25) is 0 Å². The number of fused-ring (bicyclic) bond motifs is 3. The Morgan fingerprint density at radius 2 is 1.89 bits per heavy atom. The summed E-state index contributed by atoms with van der Waals surface area (Å²) in [6.07, 6.45) is 0.653. The summed E-state index contributed by atoms with van der Waals surface area (Å²) >= 11 is 0. The number of hydrogen-bond donors (Lipinski definition) is 2. The molecular weight excluding hydrogens is 372 g/mol. The second kappa shape index (κ2) is 6.68. The molecule has 4 atom stereocenters. The van der Waals surface area contributed by atoms with Crippen LogP contribution in [0.15, 0.2) is 23.0 Å². The van der Waals surface area contributed by atoms with Crippen molar-refractivity contribution in [3.63, 3.8) is 0 Å². The molecule has 3 heterocycles. The molecule has 0 aromatic heterocycles. The smallest absolute Gasteiger partial charge is 0.343 e. The molecule has 3 aliphatic heterocycles. The minimum absolute atomic E-state index is 0.0110. The van der Waals surface area contributed by atoms with E-state index < -0.39 is 41.0 Å². The van der Waals surface area contributed by atoms with Crippen molar-refractivity contribution in [2.24, 2.45) is 0 Å². The number of hydrogen-bond acceptors (Lipinski definition) is 9. The number of carbonyl (C=O) groups excluding carboxylic acids is 3. The first-order chi connectivity index (χ1) is 12.9. The quantitative estimate of drug-likeness (QED) is 0.521. The lowest BCUT2D eigenvalue weighted by Gasteiger charge is -2.40. The van der Waals surface area contributed by atoms with Crippen molar-refractivity contribution in [1.29, 1.82) is 0 Å². The van der Waals surface area contributed by atoms with Crippen molar-refractivity contribution in [3.05, 3.63) is 23.0 Å². The van der Waals surface area contributed by atoms with Crippen LogP contribution < -0.4 is 0 Å². The van der Waals surface area contributed by atoms with Gasteiger partial charge in [0.15, 0.2) is 5.79 Å². The monoisotopic (exact) mass is 396 g/mol. The summed E-state index contributed by atoms with van der Waals surface area (Å²) in [4.78, 5) is 35.3. The van der Waals surface area contributed by atoms with Crippen LogP contribution >= 0.6 is 0 Å². The third-order valence-corrected chi connectivity index (χ3v) is 5.31. The van der Waals surface area contributed by atoms with Crippen LogP contribution in [0.3, 0.4) is 0 Å². The van der Waals surface area contributed by atoms with E-state index >= 15 is 0 Å². The van der Waals surface area contributed by atoms with Gasteiger partial charge in [0.2, 0.25) is 0 Å². The molecule has 0 aromatic rings. The minimum atomic E-state index is -1.88. The molecule has 1 saturated heterocycles. The highest BCUT2D eigenvalue weighted by atomic mass is 16.7. The van der Waals surface area contributed by atoms with Gasteiger partial charge in [-0.1, -0.05) is 0 Å². The topological polar surface area (TPSA) is 129 Å². The fraction of sp³-hybridized carbons (Fsp3) is 0.632. The number of carbonyl (C=O) groups is 3. The lowest BCUT2D eigenvalue weighted by molar-refractivity contribution is -0.298. The molecule has 28 heavy (non-hydrogen) atoms. The summed E-state index contributed by atoms with van der Waals surface area (Å²) in [7, 11) is 0. The van der Waals surface area contributed by atoms with E-state index in [1.165, 1.54) is 26.8 Å². The molecular formula is C19H24O9. The van der Waals surface area contributed by atoms with Gasteiger partial charge in [0.1, 0.15) is 24.1 Å². The van der Waals surface area contributed by atoms with Crippen LogP contribution in [0, 0.1) is 0 Å². The van der Waals surface area contributed by atoms with Gasteiger partial charge >= 0.3 is 17.9 Å². The van der Waals surface area contributed by atoms with Gasteiger partial charge in [-0.3, -0.25) is 9.59 Å². The third kappa shape index (κ3) is 3.57. The van der Waals surface area contributed by atoms with E-state index in [1.807, 2.05) is 0 Å². The SMILES string of the molecule is CC(=O)OCC1=C2C(=CC3(C)CCC(O)(O3)C(C)(O)CC2OC(C)=O)OC1=O. The van der Waals surface area contributed by atoms with Gasteiger partial charge in [-0.15, -0.1) is 0 Å². The zero-order valence-electron chi connectivity index (χ0n) is 16.2. The van der Waals surface area contributed by atoms with E-state index in [4.69, 9.17) is 18.9 Å². The van der Waals surface area contributed by atoms with Crippen molar-refractivity contribution in [1.82, 2.24) is 0 Å². The first-order valence-corrected chi connectivity index (χ1v) is 9.00. The maximum Gasteiger partial charge on any atom is 0.343 e. The molecule has 0 saturated carbocycles. The van der Waals surface area contributed by atoms with Crippen molar-refractivity contribution in [2.75, 3.05) is 6.61 Å². The zero-order valence-corrected chi connectivity index (χ0v) is 16.2. The standard InChI is InChI=1S/C19H24O9/c1-10(20)25-9-12-15-13(27-16(12)22)7-17(3)5-6-19(24,28-17)18(4,23)8-14(15)26-11(2)21/h7,14,23-24H,5-6,8-9H2,1-4H3. The molecule has 0 spiro atoms. The van der Waals surface area contributed by atoms with E-state index in [1.54, 1.807) is 6.92 Å². The Kier molecular flexibility index (Phi) is 4.89. The van der Waals surface area contributed by atoms with Gasteiger partial charge < -0.3 is 29.2 Å². The molecule has 2 bridgehead atoms. The highest BCUT2D eigenvalue weighted by molar-refractivity contribution is 5.95. The molecule has 9 nitrogen and oxygen atoms in total. The third-order valence-electron chi connectivity index (χ3n) is 5.31. The lowest BCUT2D eigenvalue weighted by Crippen LogP contribution is -2.54. The maximum atomic E-state index is 12.4. The van der Waals surface area contributed by atoms with Gasteiger partial charge in [0.05, 0.1) is 11.2 Å². The summed E-state index contributed by atoms with van der Waals surface area (Å²) in [6, 6.07) is 0. The lowest BCUT2D eigenvalue weighted by atomic mass is 9.82. The molecule has 4 unspecified atom stereocenters. The van der Waals surface area contributed by atoms with E-state index in [0.29, 0.717) is 6.42 Å². The van der Waals surface area contributed by atoms with Crippen LogP contribution in [-0.2, 0) is 33.3 Å². The summed E-state index contributed by atoms with van der Waals surface area (Å²) in [5.74, 6) is -3.76. The molecule has 9 heteroatoms. The predicted molar refractivity (Wildman–Crippen MR) is 92.3 cm³/mol. The second-order valence-electron chi connectivity index (χ2n) is 7.85. The van der Waals surface area contributed by atoms with Crippen molar-refractivity contribution < 1.29 is 43.5 Å². The van der Waals surface area contributed by atoms with Crippen LogP contribution in [0.4, 0.5) is 0 Å². The van der Waals surface area contributed by atoms with E-state index in [-0.39, 0.29) is 36.4 Å². The Morgan fingerprint density at radius 3 is 2.50 bits per heavy atom. The maximum absolute atomic E-state index is 12.4. The van der Waals surface area contributed by atoms with E-state index in [2.05, 4.69) is 0 Å². The largest absolute Gasteiger partial charge is 0.461 e. The number of rotatable bonds is 3. The first kappa shape index (κ1) is 20.5. The fourth-order valence-corrected chi connectivity index (χ4v) is 3.83. The van der Waals surface area contributed by atoms with Crippen LogP contribution in [0.25, 0.3) is 0 Å². The van der Waals surface area contributed by atoms with Crippen LogP contribution in [0.1, 0.15) is 47.0 Å². The van der Waals surface area contributed by atoms with Crippen molar-refractivity contribution >= 4 is 17.9 Å². The minimum Gasteiger partial charge on any atom is -0.461 e. The molecule has 0 amide bonds. The predicted octanol–water partition coefficient (Wildman–Crippen LogP) is 0.631. The highest BCUT2D eigenvalue weighted by Crippen LogP contribution is 2.49. The molecule has 3 rings (SSSR count). The van der Waals surface area contributed by atoms with Crippen LogP contribution in [-0.4, -0.2) is 57.8 Å². The summed E-state index contributed by atoms with van der Waals surface area (Å²) < 4.78 is 21.5. The van der Waals surface area contributed by atoms with E-state index in [0.717, 1.165) is 0 Å². The van der Waals surface area contributed by atoms with Gasteiger partial charge in [-0.05, 0) is 26.3 Å². The number of esters is 3. The second-order valence-corrected chi connectivity index (χ2v) is 7.85. The molecule has 0 aromatic carbocycles. The Morgan fingerprint density at radius 1 is 1.21 bits per heavy atom. The summed E-state index contributed by atoms with van der Waals surface area (Å²) in [5, 5.41) is 21.9. The average Bonchev–Trinajstić information content (AvgIpc) is 3.01. The number of aliphatic hydroxyl groups is 2. The molecule has 0 aliphatic carbocycles. The van der Waals surface area contributed by atoms with Crippen LogP contribution in [0.5, 0.6) is 0 Å². The highest BCUT2D eigenvalue weighted by Gasteiger charge is 2.58. The number of ether oxygens (including phenoxy) is 4. The first-order valence-electron chi connectivity index (χ1n) is 9.00. The molecule has 2 N–H and O–H groups in total. The molecule has 154 valence electrons. The summed E-state index contributed by atoms with van der Waals surface area (Å²) in [6.45, 7) is 5.08. The van der Waals surface area contributed by atoms with Gasteiger partial charge in [0, 0.05) is 32.3 Å². The Bertz CT molecular complexity index is 793. The van der Waals surface area contributed by atoms with Gasteiger partial charge in [-0.2, -0.15) is 0 Å². The fourth-order valence-electron chi connectivity index (χ4n) is 3.83. The average molecular weight is 396 g/mol. The van der Waals surface area contributed by atoms with E-state index in [9.17, 15) is 24.6 Å². The molecule has 1 fully saturated rings. The zero-order chi connectivity index (χ0) is 20.9. The molecule has 0 radical (unpaired) electrons. The van der Waals surface area contributed by atoms with Gasteiger partial charge in [-0.25, -0.2) is 4.79 Å². The normalized spacial score (nSPS) is 37.3. The summed E-state index contributed by atoms with van der Waals surface area (Å²) in [5.41, 5.74) is -2.62. The van der Waals surface area contributed by atoms with Crippen molar-refractivity contribution in [2.45, 2.75) is 70.1 Å². The van der Waals surface area contributed by atoms with Crippen molar-refractivity contribution in [3.8, 4) is 0 Å². The Balaban J connectivity index is 2.16. The Labute approximate surface area is 161 Å². The molecule has 3 aliphatic rings.